The van der Waals surface area contributed by atoms with Gasteiger partial charge in [-0.3, -0.25) is 4.90 Å². The Morgan fingerprint density at radius 1 is 1.03 bits per heavy atom. The molecule has 0 aromatic heterocycles. The molecular formula is C25H41NO7. The number of hydrogen-bond donors (Lipinski definition) is 3. The van der Waals surface area contributed by atoms with E-state index in [0.29, 0.717) is 13.0 Å². The van der Waals surface area contributed by atoms with Gasteiger partial charge >= 0.3 is 0 Å². The molecule has 13 atom stereocenters. The third-order valence-electron chi connectivity index (χ3n) is 11.6. The summed E-state index contributed by atoms with van der Waals surface area (Å²) in [7, 11) is 6.85. The standard InChI is InChI=1S/C25H41NO7/c1-6-26-11-22(12-27)8-7-16(31-3)24-14-9-13-15(30-2)10-23(28,17(14)18(13)32-4)25(29,21(24)26)20(33-5)19(22)24/h13-21,27-29H,6-12H2,1-5H3/t13-,14-,15+,16+,17-,18+,19?,20+,21?,22+,23-,24+,25+/m1/s1. The van der Waals surface area contributed by atoms with E-state index in [1.54, 1.807) is 28.4 Å². The van der Waals surface area contributed by atoms with Crippen molar-refractivity contribution in [2.45, 2.75) is 74.3 Å². The number of likely N-dealkylation sites (tertiary alicyclic amines) is 1. The molecule has 188 valence electrons. The lowest BCUT2D eigenvalue weighted by molar-refractivity contribution is -0.320. The predicted molar refractivity (Wildman–Crippen MR) is 119 cm³/mol. The number of hydrogen-bond acceptors (Lipinski definition) is 8. The third kappa shape index (κ3) is 2.16. The Hall–Kier alpha value is -0.320. The highest BCUT2D eigenvalue weighted by Gasteiger charge is 2.91. The molecular weight excluding hydrogens is 426 g/mol. The summed E-state index contributed by atoms with van der Waals surface area (Å²) in [6.07, 6.45) is 1.81. The van der Waals surface area contributed by atoms with Gasteiger partial charge in [-0.1, -0.05) is 6.92 Å². The molecule has 0 aromatic rings. The van der Waals surface area contributed by atoms with Gasteiger partial charge in [0.05, 0.1) is 37.1 Å². The lowest BCUT2D eigenvalue weighted by Gasteiger charge is -2.70. The van der Waals surface area contributed by atoms with E-state index in [9.17, 15) is 15.3 Å². The summed E-state index contributed by atoms with van der Waals surface area (Å²) < 4.78 is 24.5. The molecule has 5 saturated carbocycles. The molecule has 1 spiro atoms. The lowest BCUT2D eigenvalue weighted by Crippen LogP contribution is -2.82. The van der Waals surface area contributed by atoms with Crippen LogP contribution in [0, 0.1) is 34.5 Å². The maximum absolute atomic E-state index is 13.0. The van der Waals surface area contributed by atoms with Gasteiger partial charge in [-0.15, -0.1) is 0 Å². The molecule has 1 saturated heterocycles. The van der Waals surface area contributed by atoms with Crippen LogP contribution < -0.4 is 0 Å². The number of fused-ring (bicyclic) bond motifs is 2. The van der Waals surface area contributed by atoms with Crippen molar-refractivity contribution >= 4 is 0 Å². The first-order valence-corrected chi connectivity index (χ1v) is 12.7. The number of ether oxygens (including phenoxy) is 4. The van der Waals surface area contributed by atoms with E-state index in [4.69, 9.17) is 18.9 Å². The molecule has 6 fully saturated rings. The van der Waals surface area contributed by atoms with Crippen molar-refractivity contribution in [3.63, 3.8) is 0 Å². The van der Waals surface area contributed by atoms with Crippen LogP contribution in [0.3, 0.4) is 0 Å². The molecule has 6 aliphatic rings. The number of methoxy groups -OCH3 is 4. The minimum Gasteiger partial charge on any atom is -0.396 e. The zero-order chi connectivity index (χ0) is 23.6. The summed E-state index contributed by atoms with van der Waals surface area (Å²) in [4.78, 5) is 2.33. The Morgan fingerprint density at radius 3 is 2.36 bits per heavy atom. The van der Waals surface area contributed by atoms with Crippen molar-refractivity contribution in [2.24, 2.45) is 34.5 Å². The molecule has 0 amide bonds. The van der Waals surface area contributed by atoms with Crippen molar-refractivity contribution in [1.82, 2.24) is 4.90 Å². The highest BCUT2D eigenvalue weighted by Crippen LogP contribution is 2.80. The summed E-state index contributed by atoms with van der Waals surface area (Å²) in [6.45, 7) is 3.59. The van der Waals surface area contributed by atoms with Crippen LogP contribution >= 0.6 is 0 Å². The molecule has 0 aromatic carbocycles. The van der Waals surface area contributed by atoms with Crippen LogP contribution in [-0.4, -0.2) is 110 Å². The number of aliphatic hydroxyl groups is 3. The number of piperidine rings is 1. The zero-order valence-corrected chi connectivity index (χ0v) is 20.6. The highest BCUT2D eigenvalue weighted by atomic mass is 16.5. The third-order valence-corrected chi connectivity index (χ3v) is 11.6. The van der Waals surface area contributed by atoms with Gasteiger partial charge in [0.25, 0.3) is 0 Å². The van der Waals surface area contributed by atoms with Crippen molar-refractivity contribution in [2.75, 3.05) is 48.1 Å². The largest absolute Gasteiger partial charge is 0.396 e. The molecule has 1 aliphatic heterocycles. The Bertz CT molecular complexity index is 814. The zero-order valence-electron chi connectivity index (χ0n) is 20.6. The van der Waals surface area contributed by atoms with E-state index in [0.717, 1.165) is 25.8 Å². The number of likely N-dealkylation sites (N-methyl/N-ethyl adjacent to an activating group) is 1. The van der Waals surface area contributed by atoms with Gasteiger partial charge in [0.1, 0.15) is 11.2 Å². The fourth-order valence-corrected chi connectivity index (χ4v) is 11.0. The summed E-state index contributed by atoms with van der Waals surface area (Å²) in [6, 6.07) is -0.312. The van der Waals surface area contributed by atoms with E-state index in [-0.39, 0.29) is 54.6 Å². The van der Waals surface area contributed by atoms with E-state index < -0.39 is 28.1 Å². The maximum atomic E-state index is 13.0. The van der Waals surface area contributed by atoms with Crippen molar-refractivity contribution in [3.05, 3.63) is 0 Å². The number of aliphatic hydroxyl groups excluding tert-OH is 1. The van der Waals surface area contributed by atoms with E-state index >= 15 is 0 Å². The fourth-order valence-electron chi connectivity index (χ4n) is 11.0. The Morgan fingerprint density at radius 2 is 1.79 bits per heavy atom. The van der Waals surface area contributed by atoms with E-state index in [2.05, 4.69) is 11.8 Å². The van der Waals surface area contributed by atoms with E-state index in [1.165, 1.54) is 0 Å². The second-order valence-corrected chi connectivity index (χ2v) is 11.8. The number of nitrogens with zero attached hydrogens (tertiary/aromatic N) is 1. The van der Waals surface area contributed by atoms with Crippen LogP contribution in [0.1, 0.15) is 32.6 Å². The Labute approximate surface area is 196 Å². The summed E-state index contributed by atoms with van der Waals surface area (Å²) in [5.41, 5.74) is -3.78. The van der Waals surface area contributed by atoms with E-state index in [1.807, 2.05) is 0 Å². The molecule has 2 unspecified atom stereocenters. The van der Waals surface area contributed by atoms with Gasteiger partial charge in [-0.2, -0.15) is 0 Å². The van der Waals surface area contributed by atoms with Crippen LogP contribution in [0.2, 0.25) is 0 Å². The summed E-state index contributed by atoms with van der Waals surface area (Å²) in [5.74, 6) is -0.0916. The average Bonchev–Trinajstić information content (AvgIpc) is 3.24. The topological polar surface area (TPSA) is 101 Å². The van der Waals surface area contributed by atoms with Crippen molar-refractivity contribution < 1.29 is 34.3 Å². The molecule has 0 radical (unpaired) electrons. The molecule has 5 aliphatic carbocycles. The minimum atomic E-state index is -1.52. The van der Waals surface area contributed by atoms with Crippen LogP contribution in [0.15, 0.2) is 0 Å². The molecule has 1 heterocycles. The molecule has 8 nitrogen and oxygen atoms in total. The SMILES string of the molecule is CCN1C[C@]2(CO)CC[C@H](OC)[C@@]34C2[C@H](OC)[C@](O)(C13)[C@@]1(O)C[C@H](OC)[C@H]2C[C@@H]4[C@@H]1[C@H]2OC. The van der Waals surface area contributed by atoms with Gasteiger partial charge in [-0.05, 0) is 31.7 Å². The van der Waals surface area contributed by atoms with Crippen LogP contribution in [0.4, 0.5) is 0 Å². The molecule has 6 rings (SSSR count). The number of rotatable bonds is 6. The smallest absolute Gasteiger partial charge is 0.136 e. The minimum absolute atomic E-state index is 0.0443. The first-order valence-electron chi connectivity index (χ1n) is 12.7. The molecule has 8 heteroatoms. The van der Waals surface area contributed by atoms with Gasteiger partial charge < -0.3 is 34.3 Å². The maximum Gasteiger partial charge on any atom is 0.136 e. The lowest BCUT2D eigenvalue weighted by atomic mass is 9.42. The first-order chi connectivity index (χ1) is 15.8. The predicted octanol–water partition coefficient (Wildman–Crippen LogP) is 0.271. The van der Waals surface area contributed by atoms with Gasteiger partial charge in [0, 0.05) is 70.0 Å². The summed E-state index contributed by atoms with van der Waals surface area (Å²) >= 11 is 0. The molecule has 7 bridgehead atoms. The highest BCUT2D eigenvalue weighted by molar-refractivity contribution is 5.41. The van der Waals surface area contributed by atoms with Gasteiger partial charge in [0.2, 0.25) is 0 Å². The Balaban J connectivity index is 1.68. The van der Waals surface area contributed by atoms with Gasteiger partial charge in [0.15, 0.2) is 0 Å². The quantitative estimate of drug-likeness (QED) is 0.512. The molecule has 33 heavy (non-hydrogen) atoms. The van der Waals surface area contributed by atoms with Crippen molar-refractivity contribution in [1.29, 1.82) is 0 Å². The summed E-state index contributed by atoms with van der Waals surface area (Å²) in [5, 5.41) is 36.6. The Kier molecular flexibility index (Phi) is 4.99. The second-order valence-electron chi connectivity index (χ2n) is 11.8. The van der Waals surface area contributed by atoms with Crippen LogP contribution in [0.25, 0.3) is 0 Å². The van der Waals surface area contributed by atoms with Gasteiger partial charge in [-0.25, -0.2) is 0 Å². The first kappa shape index (κ1) is 23.1. The normalized spacial score (nSPS) is 60.9. The average molecular weight is 468 g/mol. The fraction of sp³-hybridized carbons (Fsp3) is 1.00. The second kappa shape index (κ2) is 7.13. The van der Waals surface area contributed by atoms with Crippen LogP contribution in [0.5, 0.6) is 0 Å². The van der Waals surface area contributed by atoms with Crippen LogP contribution in [-0.2, 0) is 18.9 Å². The monoisotopic (exact) mass is 467 g/mol. The molecule has 3 N–H and O–H groups in total. The van der Waals surface area contributed by atoms with Crippen molar-refractivity contribution in [3.8, 4) is 0 Å².